The maximum Gasteiger partial charge on any atom is 0.137 e. The molecule has 0 atom stereocenters. The van der Waals surface area contributed by atoms with E-state index in [1.165, 1.54) is 0 Å². The van der Waals surface area contributed by atoms with E-state index in [0.29, 0.717) is 10.0 Å². The molecular formula is C4H3ClN2OS. The molecule has 5 heteroatoms. The van der Waals surface area contributed by atoms with Crippen molar-refractivity contribution in [1.82, 2.24) is 9.59 Å². The number of carbonyl (C=O) groups is 1. The number of aromatic nitrogens is 2. The lowest BCUT2D eigenvalue weighted by molar-refractivity contribution is -0.107. The average molecular weight is 163 g/mol. The van der Waals surface area contributed by atoms with Gasteiger partial charge in [0.25, 0.3) is 0 Å². The van der Waals surface area contributed by atoms with Crippen LogP contribution in [0.1, 0.15) is 5.69 Å². The second-order valence-electron chi connectivity index (χ2n) is 1.36. The standard InChI is InChI=1S/C4H3ClN2OS/c5-4-3(1-2-8)6-7-9-4/h2H,1H2. The van der Waals surface area contributed by atoms with Crippen molar-refractivity contribution >= 4 is 29.4 Å². The zero-order valence-electron chi connectivity index (χ0n) is 4.37. The smallest absolute Gasteiger partial charge is 0.137 e. The predicted molar refractivity (Wildman–Crippen MR) is 34.7 cm³/mol. The Balaban J connectivity index is 2.80. The molecule has 48 valence electrons. The van der Waals surface area contributed by atoms with Crippen molar-refractivity contribution in [1.29, 1.82) is 0 Å². The Morgan fingerprint density at radius 2 is 2.56 bits per heavy atom. The van der Waals surface area contributed by atoms with Crippen molar-refractivity contribution in [2.24, 2.45) is 0 Å². The Hall–Kier alpha value is -0.480. The molecule has 0 saturated heterocycles. The highest BCUT2D eigenvalue weighted by Gasteiger charge is 2.01. The molecule has 0 unspecified atom stereocenters. The highest BCUT2D eigenvalue weighted by Crippen LogP contribution is 2.16. The Bertz CT molecular complexity index is 212. The van der Waals surface area contributed by atoms with Gasteiger partial charge in [0.15, 0.2) is 0 Å². The first-order valence-electron chi connectivity index (χ1n) is 2.25. The first-order chi connectivity index (χ1) is 4.34. The molecule has 0 aromatic carbocycles. The molecule has 0 amide bonds. The lowest BCUT2D eigenvalue weighted by atomic mass is 10.4. The molecule has 0 spiro atoms. The number of nitrogens with zero attached hydrogens (tertiary/aromatic N) is 2. The van der Waals surface area contributed by atoms with Crippen LogP contribution in [-0.2, 0) is 11.2 Å². The summed E-state index contributed by atoms with van der Waals surface area (Å²) in [5.41, 5.74) is 0.566. The first kappa shape index (κ1) is 6.64. The molecule has 0 fully saturated rings. The van der Waals surface area contributed by atoms with E-state index < -0.39 is 0 Å². The fourth-order valence-electron chi connectivity index (χ4n) is 0.398. The summed E-state index contributed by atoms with van der Waals surface area (Å²) in [6.07, 6.45) is 1.01. The van der Waals surface area contributed by atoms with Crippen LogP contribution in [0.4, 0.5) is 0 Å². The topological polar surface area (TPSA) is 42.9 Å². The van der Waals surface area contributed by atoms with Gasteiger partial charge in [0.2, 0.25) is 0 Å². The van der Waals surface area contributed by atoms with Crippen LogP contribution in [0, 0.1) is 0 Å². The maximum atomic E-state index is 9.90. The van der Waals surface area contributed by atoms with Crippen molar-refractivity contribution in [2.75, 3.05) is 0 Å². The van der Waals surface area contributed by atoms with Gasteiger partial charge in [-0.25, -0.2) is 0 Å². The van der Waals surface area contributed by atoms with E-state index in [2.05, 4.69) is 9.59 Å². The van der Waals surface area contributed by atoms with Gasteiger partial charge in [-0.3, -0.25) is 0 Å². The van der Waals surface area contributed by atoms with Gasteiger partial charge in [-0.05, 0) is 0 Å². The highest BCUT2D eigenvalue weighted by molar-refractivity contribution is 7.10. The van der Waals surface area contributed by atoms with Gasteiger partial charge in [-0.15, -0.1) is 5.10 Å². The van der Waals surface area contributed by atoms with E-state index in [9.17, 15) is 4.79 Å². The summed E-state index contributed by atoms with van der Waals surface area (Å²) in [6.45, 7) is 0. The number of halogens is 1. The van der Waals surface area contributed by atoms with Crippen molar-refractivity contribution in [3.63, 3.8) is 0 Å². The van der Waals surface area contributed by atoms with Crippen LogP contribution < -0.4 is 0 Å². The second kappa shape index (κ2) is 2.89. The average Bonchev–Trinajstić information content (AvgIpc) is 2.18. The van der Waals surface area contributed by atoms with Crippen LogP contribution in [0.15, 0.2) is 0 Å². The van der Waals surface area contributed by atoms with Crippen LogP contribution >= 0.6 is 23.1 Å². The number of aldehydes is 1. The summed E-state index contributed by atoms with van der Waals surface area (Å²) in [7, 11) is 0. The fraction of sp³-hybridized carbons (Fsp3) is 0.250. The van der Waals surface area contributed by atoms with Gasteiger partial charge in [0.1, 0.15) is 16.3 Å². The molecule has 3 nitrogen and oxygen atoms in total. The van der Waals surface area contributed by atoms with Crippen LogP contribution in [-0.4, -0.2) is 15.9 Å². The highest BCUT2D eigenvalue weighted by atomic mass is 35.5. The van der Waals surface area contributed by atoms with E-state index in [-0.39, 0.29) is 6.42 Å². The van der Waals surface area contributed by atoms with Gasteiger partial charge >= 0.3 is 0 Å². The van der Waals surface area contributed by atoms with Crippen molar-refractivity contribution in [3.05, 3.63) is 10.0 Å². The largest absolute Gasteiger partial charge is 0.303 e. The van der Waals surface area contributed by atoms with E-state index in [4.69, 9.17) is 11.6 Å². The molecule has 0 bridgehead atoms. The van der Waals surface area contributed by atoms with E-state index in [1.54, 1.807) is 0 Å². The van der Waals surface area contributed by atoms with Crippen molar-refractivity contribution in [3.8, 4) is 0 Å². The first-order valence-corrected chi connectivity index (χ1v) is 3.40. The molecule has 0 saturated carbocycles. The number of hydrogen-bond acceptors (Lipinski definition) is 4. The molecule has 0 aliphatic carbocycles. The molecule has 1 rings (SSSR count). The van der Waals surface area contributed by atoms with Gasteiger partial charge < -0.3 is 4.79 Å². The monoisotopic (exact) mass is 162 g/mol. The zero-order chi connectivity index (χ0) is 6.69. The third kappa shape index (κ3) is 1.46. The third-order valence-corrected chi connectivity index (χ3v) is 1.77. The quantitative estimate of drug-likeness (QED) is 0.608. The molecule has 0 radical (unpaired) electrons. The molecular weight excluding hydrogens is 160 g/mol. The normalized spacial score (nSPS) is 9.44. The molecule has 1 aromatic rings. The Kier molecular flexibility index (Phi) is 2.13. The molecule has 0 aliphatic rings. The molecule has 0 aliphatic heterocycles. The van der Waals surface area contributed by atoms with E-state index in [0.717, 1.165) is 17.8 Å². The summed E-state index contributed by atoms with van der Waals surface area (Å²) >= 11 is 6.64. The maximum absolute atomic E-state index is 9.90. The lowest BCUT2D eigenvalue weighted by Gasteiger charge is -1.80. The van der Waals surface area contributed by atoms with Gasteiger partial charge in [0, 0.05) is 18.0 Å². The Morgan fingerprint density at radius 1 is 1.78 bits per heavy atom. The van der Waals surface area contributed by atoms with Crippen LogP contribution in [0.25, 0.3) is 0 Å². The molecule has 0 N–H and O–H groups in total. The summed E-state index contributed by atoms with van der Waals surface area (Å²) in [5, 5.41) is 3.61. The molecule has 1 heterocycles. The zero-order valence-corrected chi connectivity index (χ0v) is 5.95. The lowest BCUT2D eigenvalue weighted by Crippen LogP contribution is -1.85. The van der Waals surface area contributed by atoms with Gasteiger partial charge in [0.05, 0.1) is 0 Å². The SMILES string of the molecule is O=CCc1nnsc1Cl. The minimum Gasteiger partial charge on any atom is -0.303 e. The molecule has 1 aromatic heterocycles. The van der Waals surface area contributed by atoms with E-state index in [1.807, 2.05) is 0 Å². The van der Waals surface area contributed by atoms with Crippen LogP contribution in [0.3, 0.4) is 0 Å². The number of rotatable bonds is 2. The third-order valence-electron chi connectivity index (χ3n) is 0.786. The second-order valence-corrected chi connectivity index (χ2v) is 2.72. The fourth-order valence-corrected chi connectivity index (χ4v) is 1.05. The summed E-state index contributed by atoms with van der Waals surface area (Å²) in [4.78, 5) is 9.90. The minimum atomic E-state index is 0.259. The molecule has 9 heavy (non-hydrogen) atoms. The Morgan fingerprint density at radius 3 is 3.00 bits per heavy atom. The van der Waals surface area contributed by atoms with Gasteiger partial charge in [-0.1, -0.05) is 16.1 Å². The van der Waals surface area contributed by atoms with Crippen LogP contribution in [0.5, 0.6) is 0 Å². The van der Waals surface area contributed by atoms with Crippen LogP contribution in [0.2, 0.25) is 4.34 Å². The van der Waals surface area contributed by atoms with Gasteiger partial charge in [-0.2, -0.15) is 0 Å². The van der Waals surface area contributed by atoms with Crippen molar-refractivity contribution in [2.45, 2.75) is 6.42 Å². The predicted octanol–water partition coefficient (Wildman–Crippen LogP) is 0.933. The summed E-state index contributed by atoms with van der Waals surface area (Å²) in [6, 6.07) is 0. The minimum absolute atomic E-state index is 0.259. The van der Waals surface area contributed by atoms with Crippen molar-refractivity contribution < 1.29 is 4.79 Å². The Labute approximate surface area is 60.8 Å². The summed E-state index contributed by atoms with van der Waals surface area (Å²) in [5.74, 6) is 0. The number of hydrogen-bond donors (Lipinski definition) is 0. The van der Waals surface area contributed by atoms with E-state index >= 15 is 0 Å². The number of carbonyl (C=O) groups excluding carboxylic acids is 1. The summed E-state index contributed by atoms with van der Waals surface area (Å²) < 4.78 is 4.04.